The molecule has 0 radical (unpaired) electrons. The van der Waals surface area contributed by atoms with Crippen molar-refractivity contribution in [1.29, 1.82) is 0 Å². The lowest BCUT2D eigenvalue weighted by molar-refractivity contribution is 1.48. The smallest absolute Gasteiger partial charge is 0.198 e. The number of aromatic amines is 1. The summed E-state index contributed by atoms with van der Waals surface area (Å²) < 4.78 is 0. The van der Waals surface area contributed by atoms with E-state index in [0.29, 0.717) is 21.3 Å². The standard InChI is InChI=1S/C13H6Cl3NO/c14-7-5-8(15)12-10(11(7)16)13(18)6-3-1-2-4-9(6)17-12/h1-5H,(H,17,18). The summed E-state index contributed by atoms with van der Waals surface area (Å²) in [5, 5.41) is 1.76. The molecule has 2 aromatic carbocycles. The molecular weight excluding hydrogens is 293 g/mol. The molecule has 0 spiro atoms. The average Bonchev–Trinajstić information content (AvgIpc) is 2.36. The number of nitrogens with one attached hydrogen (secondary N) is 1. The van der Waals surface area contributed by atoms with Crippen LogP contribution in [0.3, 0.4) is 0 Å². The average molecular weight is 299 g/mol. The van der Waals surface area contributed by atoms with Crippen molar-refractivity contribution in [3.63, 3.8) is 0 Å². The Bertz CT molecular complexity index is 839. The molecule has 1 N–H and O–H groups in total. The lowest BCUT2D eigenvalue weighted by atomic mass is 10.1. The molecule has 0 aliphatic heterocycles. The lowest BCUT2D eigenvalue weighted by Gasteiger charge is -2.07. The number of hydrogen-bond acceptors (Lipinski definition) is 1. The van der Waals surface area contributed by atoms with Crippen LogP contribution < -0.4 is 5.43 Å². The molecule has 3 rings (SSSR count). The summed E-state index contributed by atoms with van der Waals surface area (Å²) in [6.45, 7) is 0. The first-order valence-electron chi connectivity index (χ1n) is 5.18. The molecule has 0 unspecified atom stereocenters. The van der Waals surface area contributed by atoms with Crippen LogP contribution in [0.4, 0.5) is 0 Å². The van der Waals surface area contributed by atoms with Crippen molar-refractivity contribution in [3.8, 4) is 0 Å². The first kappa shape index (κ1) is 11.8. The molecular formula is C13H6Cl3NO. The van der Waals surface area contributed by atoms with Gasteiger partial charge < -0.3 is 4.98 Å². The van der Waals surface area contributed by atoms with Crippen LogP contribution in [0.5, 0.6) is 0 Å². The highest BCUT2D eigenvalue weighted by atomic mass is 35.5. The van der Waals surface area contributed by atoms with Gasteiger partial charge in [-0.15, -0.1) is 0 Å². The SMILES string of the molecule is O=c1c2ccccc2[nH]c2c(Cl)cc(Cl)c(Cl)c12. The minimum Gasteiger partial charge on any atom is -0.353 e. The maximum absolute atomic E-state index is 12.4. The maximum atomic E-state index is 12.4. The summed E-state index contributed by atoms with van der Waals surface area (Å²) in [6, 6.07) is 8.71. The van der Waals surface area contributed by atoms with Crippen LogP contribution in [0.15, 0.2) is 35.1 Å². The Morgan fingerprint density at radius 1 is 1.00 bits per heavy atom. The minimum atomic E-state index is -0.172. The first-order chi connectivity index (χ1) is 8.59. The Morgan fingerprint density at radius 3 is 2.50 bits per heavy atom. The van der Waals surface area contributed by atoms with E-state index < -0.39 is 0 Å². The highest BCUT2D eigenvalue weighted by Crippen LogP contribution is 2.34. The van der Waals surface area contributed by atoms with Crippen molar-refractivity contribution in [1.82, 2.24) is 4.98 Å². The van der Waals surface area contributed by atoms with Gasteiger partial charge in [0.1, 0.15) is 0 Å². The van der Waals surface area contributed by atoms with Crippen molar-refractivity contribution in [2.24, 2.45) is 0 Å². The van der Waals surface area contributed by atoms with E-state index >= 15 is 0 Å². The van der Waals surface area contributed by atoms with Gasteiger partial charge in [0.2, 0.25) is 0 Å². The maximum Gasteiger partial charge on any atom is 0.198 e. The van der Waals surface area contributed by atoms with Crippen molar-refractivity contribution in [2.75, 3.05) is 0 Å². The lowest BCUT2D eigenvalue weighted by Crippen LogP contribution is -2.05. The molecule has 0 amide bonds. The number of para-hydroxylation sites is 1. The molecule has 0 atom stereocenters. The number of benzene rings is 2. The molecule has 1 aromatic heterocycles. The van der Waals surface area contributed by atoms with Gasteiger partial charge in [0.25, 0.3) is 0 Å². The van der Waals surface area contributed by atoms with Gasteiger partial charge in [-0.25, -0.2) is 0 Å². The van der Waals surface area contributed by atoms with Crippen LogP contribution in [0.25, 0.3) is 21.8 Å². The van der Waals surface area contributed by atoms with Crippen molar-refractivity contribution < 1.29 is 0 Å². The zero-order valence-corrected chi connectivity index (χ0v) is 11.2. The normalized spacial score (nSPS) is 11.3. The summed E-state index contributed by atoms with van der Waals surface area (Å²) in [7, 11) is 0. The summed E-state index contributed by atoms with van der Waals surface area (Å²) >= 11 is 18.1. The Balaban J connectivity index is 2.69. The fourth-order valence-corrected chi connectivity index (χ4v) is 2.74. The molecule has 90 valence electrons. The molecule has 0 aliphatic carbocycles. The highest BCUT2D eigenvalue weighted by molar-refractivity contribution is 6.47. The molecule has 5 heteroatoms. The summed E-state index contributed by atoms with van der Waals surface area (Å²) in [6.07, 6.45) is 0. The van der Waals surface area contributed by atoms with E-state index in [9.17, 15) is 4.79 Å². The van der Waals surface area contributed by atoms with Gasteiger partial charge in [-0.05, 0) is 18.2 Å². The third-order valence-corrected chi connectivity index (χ3v) is 3.92. The Labute approximate surface area is 117 Å². The second-order valence-electron chi connectivity index (χ2n) is 3.90. The quantitative estimate of drug-likeness (QED) is 0.476. The van der Waals surface area contributed by atoms with Gasteiger partial charge in [-0.1, -0.05) is 46.9 Å². The van der Waals surface area contributed by atoms with E-state index in [2.05, 4.69) is 4.98 Å². The van der Waals surface area contributed by atoms with E-state index in [1.54, 1.807) is 12.1 Å². The molecule has 0 bridgehead atoms. The van der Waals surface area contributed by atoms with Gasteiger partial charge in [-0.2, -0.15) is 0 Å². The zero-order valence-electron chi connectivity index (χ0n) is 8.93. The molecule has 0 saturated carbocycles. The number of halogens is 3. The number of aromatic nitrogens is 1. The van der Waals surface area contributed by atoms with E-state index in [1.807, 2.05) is 12.1 Å². The van der Waals surface area contributed by atoms with Crippen LogP contribution >= 0.6 is 34.8 Å². The van der Waals surface area contributed by atoms with Crippen LogP contribution in [0.2, 0.25) is 15.1 Å². The molecule has 18 heavy (non-hydrogen) atoms. The second kappa shape index (κ2) is 4.16. The number of fused-ring (bicyclic) bond motifs is 2. The van der Waals surface area contributed by atoms with Gasteiger partial charge >= 0.3 is 0 Å². The van der Waals surface area contributed by atoms with E-state index in [-0.39, 0.29) is 15.5 Å². The fraction of sp³-hybridized carbons (Fsp3) is 0. The summed E-state index contributed by atoms with van der Waals surface area (Å²) in [5.74, 6) is 0. The Morgan fingerprint density at radius 2 is 1.72 bits per heavy atom. The molecule has 0 fully saturated rings. The molecule has 0 saturated heterocycles. The predicted molar refractivity (Wildman–Crippen MR) is 77.1 cm³/mol. The van der Waals surface area contributed by atoms with E-state index in [1.165, 1.54) is 6.07 Å². The molecule has 1 heterocycles. The third-order valence-electron chi connectivity index (χ3n) is 2.83. The van der Waals surface area contributed by atoms with Crippen molar-refractivity contribution in [2.45, 2.75) is 0 Å². The minimum absolute atomic E-state index is 0.172. The first-order valence-corrected chi connectivity index (χ1v) is 6.31. The fourth-order valence-electron chi connectivity index (χ4n) is 1.99. The summed E-state index contributed by atoms with van der Waals surface area (Å²) in [4.78, 5) is 15.5. The summed E-state index contributed by atoms with van der Waals surface area (Å²) in [5.41, 5.74) is 1.05. The van der Waals surface area contributed by atoms with Crippen molar-refractivity contribution in [3.05, 3.63) is 55.6 Å². The van der Waals surface area contributed by atoms with Crippen molar-refractivity contribution >= 4 is 56.6 Å². The monoisotopic (exact) mass is 297 g/mol. The predicted octanol–water partition coefficient (Wildman–Crippen LogP) is 4.64. The second-order valence-corrected chi connectivity index (χ2v) is 5.10. The largest absolute Gasteiger partial charge is 0.353 e. The Hall–Kier alpha value is -1.22. The van der Waals surface area contributed by atoms with Crippen LogP contribution in [-0.4, -0.2) is 4.98 Å². The van der Waals surface area contributed by atoms with E-state index in [4.69, 9.17) is 34.8 Å². The number of hydrogen-bond donors (Lipinski definition) is 1. The molecule has 2 nitrogen and oxygen atoms in total. The van der Waals surface area contributed by atoms with Crippen LogP contribution in [0, 0.1) is 0 Å². The third kappa shape index (κ3) is 1.61. The van der Waals surface area contributed by atoms with Gasteiger partial charge in [0.05, 0.1) is 26.0 Å². The topological polar surface area (TPSA) is 32.9 Å². The van der Waals surface area contributed by atoms with Crippen LogP contribution in [-0.2, 0) is 0 Å². The molecule has 0 aliphatic rings. The Kier molecular flexibility index (Phi) is 2.74. The number of H-pyrrole nitrogens is 1. The van der Waals surface area contributed by atoms with Gasteiger partial charge in [0, 0.05) is 10.9 Å². The molecule has 3 aromatic rings. The number of rotatable bonds is 0. The van der Waals surface area contributed by atoms with Gasteiger partial charge in [0.15, 0.2) is 5.43 Å². The zero-order chi connectivity index (χ0) is 12.9. The van der Waals surface area contributed by atoms with Gasteiger partial charge in [-0.3, -0.25) is 4.79 Å². The van der Waals surface area contributed by atoms with E-state index in [0.717, 1.165) is 5.52 Å². The number of pyridine rings is 1. The van der Waals surface area contributed by atoms with Crippen LogP contribution in [0.1, 0.15) is 0 Å². The highest BCUT2D eigenvalue weighted by Gasteiger charge is 2.14.